The first kappa shape index (κ1) is 8.79. The zero-order valence-electron chi connectivity index (χ0n) is 11.0. The number of hydrogen-bond acceptors (Lipinski definition) is 3. The molecular weight excluding hydrogens is 224 g/mol. The average molecular weight is 239 g/mol. The molecule has 1 aromatic heterocycles. The molecule has 0 bridgehead atoms. The Morgan fingerprint density at radius 2 is 2.12 bits per heavy atom. The minimum atomic E-state index is -1.20. The second kappa shape index (κ2) is 3.61. The van der Waals surface area contributed by atoms with Crippen LogP contribution in [0.25, 0.3) is 10.9 Å². The maximum atomic E-state index is 9.97. The lowest BCUT2D eigenvalue weighted by molar-refractivity contribution is 0.0751. The highest BCUT2D eigenvalue weighted by atomic mass is 35.5. The maximum absolute atomic E-state index is 9.97. The Morgan fingerprint density at radius 1 is 1.44 bits per heavy atom. The molecular formula is C12H13ClN2O. The molecule has 0 saturated carbocycles. The van der Waals surface area contributed by atoms with Crippen LogP contribution in [0.3, 0.4) is 0 Å². The second-order valence-electron chi connectivity index (χ2n) is 4.17. The first-order valence-electron chi connectivity index (χ1n) is 5.80. The van der Waals surface area contributed by atoms with Crippen molar-refractivity contribution in [2.24, 2.45) is 0 Å². The predicted octanol–water partition coefficient (Wildman–Crippen LogP) is 2.70. The second-order valence-corrected chi connectivity index (χ2v) is 4.57. The van der Waals surface area contributed by atoms with Gasteiger partial charge in [0.15, 0.2) is 0 Å². The Kier molecular flexibility index (Phi) is 1.98. The lowest BCUT2D eigenvalue weighted by Crippen LogP contribution is -2.19. The van der Waals surface area contributed by atoms with E-state index in [1.54, 1.807) is 26.0 Å². The minimum Gasteiger partial charge on any atom is -0.397 e. The van der Waals surface area contributed by atoms with Crippen molar-refractivity contribution in [3.63, 3.8) is 0 Å². The molecule has 1 aromatic carbocycles. The predicted molar refractivity (Wildman–Crippen MR) is 66.4 cm³/mol. The number of hydrogen-bond donors (Lipinski definition) is 2. The van der Waals surface area contributed by atoms with Gasteiger partial charge in [-0.1, -0.05) is 11.6 Å². The molecule has 0 aliphatic carbocycles. The smallest absolute Gasteiger partial charge is 0.103 e. The van der Waals surface area contributed by atoms with Gasteiger partial charge in [-0.15, -0.1) is 0 Å². The molecule has 0 aliphatic rings. The van der Waals surface area contributed by atoms with Crippen molar-refractivity contribution < 1.29 is 7.85 Å². The van der Waals surface area contributed by atoms with Gasteiger partial charge in [-0.2, -0.15) is 0 Å². The summed E-state index contributed by atoms with van der Waals surface area (Å²) in [4.78, 5) is 4.21. The van der Waals surface area contributed by atoms with E-state index in [-0.39, 0.29) is 17.1 Å². The molecule has 2 aromatic rings. The maximum Gasteiger partial charge on any atom is 0.103 e. The molecule has 0 atom stereocenters. The van der Waals surface area contributed by atoms with Gasteiger partial charge in [-0.3, -0.25) is 0 Å². The van der Waals surface area contributed by atoms with Gasteiger partial charge < -0.3 is 10.8 Å². The highest BCUT2D eigenvalue weighted by molar-refractivity contribution is 6.31. The molecule has 0 fully saturated rings. The van der Waals surface area contributed by atoms with E-state index in [0.717, 1.165) is 0 Å². The Morgan fingerprint density at radius 3 is 2.75 bits per heavy atom. The van der Waals surface area contributed by atoms with Crippen LogP contribution in [0.5, 0.6) is 0 Å². The molecule has 1 heterocycles. The number of aliphatic hydroxyl groups is 1. The number of nitrogens with zero attached hydrogens (tertiary/aromatic N) is 1. The molecule has 3 nitrogen and oxygen atoms in total. The molecule has 0 unspecified atom stereocenters. The summed E-state index contributed by atoms with van der Waals surface area (Å²) < 4.78 is 15.5. The lowest BCUT2D eigenvalue weighted by atomic mass is 10.0. The fourth-order valence-electron chi connectivity index (χ4n) is 1.54. The van der Waals surface area contributed by atoms with Crippen molar-refractivity contribution in [3.05, 3.63) is 34.9 Å². The van der Waals surface area contributed by atoms with Crippen molar-refractivity contribution >= 4 is 28.2 Å². The topological polar surface area (TPSA) is 59.1 Å². The number of nitrogens with two attached hydrogens (primary N) is 1. The van der Waals surface area contributed by atoms with Gasteiger partial charge in [0, 0.05) is 10.4 Å². The summed E-state index contributed by atoms with van der Waals surface area (Å²) in [7, 11) is 0. The van der Waals surface area contributed by atoms with E-state index in [1.165, 1.54) is 0 Å². The van der Waals surface area contributed by atoms with E-state index in [2.05, 4.69) is 4.98 Å². The van der Waals surface area contributed by atoms with Crippen LogP contribution in [0.2, 0.25) is 5.02 Å². The van der Waals surface area contributed by atoms with Crippen molar-refractivity contribution in [1.82, 2.24) is 4.98 Å². The minimum absolute atomic E-state index is 0.0667. The van der Waals surface area contributed by atoms with Crippen LogP contribution < -0.4 is 5.73 Å². The molecule has 84 valence electrons. The highest BCUT2D eigenvalue weighted by Crippen LogP contribution is 2.28. The van der Waals surface area contributed by atoms with Crippen LogP contribution in [0.4, 0.5) is 5.69 Å². The zero-order valence-corrected chi connectivity index (χ0v) is 9.76. The third-order valence-electron chi connectivity index (χ3n) is 2.24. The lowest BCUT2D eigenvalue weighted by Gasteiger charge is -2.19. The summed E-state index contributed by atoms with van der Waals surface area (Å²) in [5.74, 6) is 0. The third-order valence-corrected chi connectivity index (χ3v) is 2.45. The first-order chi connectivity index (χ1) is 8.21. The molecule has 0 spiro atoms. The Hall–Kier alpha value is -1.32. The van der Waals surface area contributed by atoms with E-state index in [9.17, 15) is 5.11 Å². The van der Waals surface area contributed by atoms with E-state index >= 15 is 0 Å². The zero-order chi connectivity index (χ0) is 13.7. The number of pyridine rings is 1. The molecule has 0 saturated heterocycles. The average Bonchev–Trinajstić information content (AvgIpc) is 2.24. The van der Waals surface area contributed by atoms with Gasteiger partial charge in [-0.25, -0.2) is 4.98 Å². The number of aromatic nitrogens is 1. The van der Waals surface area contributed by atoms with E-state index in [0.29, 0.717) is 22.3 Å². The number of halogens is 1. The number of fused-ring (bicyclic) bond motifs is 1. The van der Waals surface area contributed by atoms with Crippen LogP contribution in [0.1, 0.15) is 22.3 Å². The van der Waals surface area contributed by atoms with Crippen LogP contribution in [0.15, 0.2) is 24.2 Å². The summed E-state index contributed by atoms with van der Waals surface area (Å²) >= 11 is 5.85. The van der Waals surface area contributed by atoms with Crippen molar-refractivity contribution in [3.8, 4) is 0 Å². The van der Waals surface area contributed by atoms with Crippen molar-refractivity contribution in [2.75, 3.05) is 5.73 Å². The van der Waals surface area contributed by atoms with Gasteiger partial charge in [0.1, 0.15) is 5.60 Å². The standard InChI is InChI=1S/C12H13ClN2O/c1-12(2,16)11-9(14)6-7-5-8(13)3-4-10(7)15-11/h3-6,16H,14H2,1-2H3/i3D,4D. The number of nitrogen functional groups attached to an aromatic ring is 1. The molecule has 16 heavy (non-hydrogen) atoms. The van der Waals surface area contributed by atoms with Crippen molar-refractivity contribution in [2.45, 2.75) is 19.4 Å². The molecule has 3 N–H and O–H groups in total. The number of anilines is 1. The Bertz CT molecular complexity index is 638. The first-order valence-corrected chi connectivity index (χ1v) is 5.18. The summed E-state index contributed by atoms with van der Waals surface area (Å²) in [6.07, 6.45) is 0. The highest BCUT2D eigenvalue weighted by Gasteiger charge is 2.21. The van der Waals surface area contributed by atoms with E-state index < -0.39 is 5.60 Å². The number of benzene rings is 1. The Balaban J connectivity index is 2.86. The molecule has 4 heteroatoms. The fourth-order valence-corrected chi connectivity index (χ4v) is 1.70. The molecule has 0 amide bonds. The summed E-state index contributed by atoms with van der Waals surface area (Å²) in [6, 6.07) is 3.01. The molecule has 0 radical (unpaired) electrons. The van der Waals surface area contributed by atoms with Gasteiger partial charge in [0.2, 0.25) is 0 Å². The van der Waals surface area contributed by atoms with Gasteiger partial charge in [0.05, 0.1) is 19.6 Å². The summed E-state index contributed by atoms with van der Waals surface area (Å²) in [5, 5.41) is 10.7. The van der Waals surface area contributed by atoms with E-state index in [1.807, 2.05) is 0 Å². The van der Waals surface area contributed by atoms with Gasteiger partial charge >= 0.3 is 0 Å². The fraction of sp³-hybridized carbons (Fsp3) is 0.250. The van der Waals surface area contributed by atoms with E-state index in [4.69, 9.17) is 20.1 Å². The molecule has 0 aliphatic heterocycles. The van der Waals surface area contributed by atoms with Crippen LogP contribution in [-0.4, -0.2) is 10.1 Å². The largest absolute Gasteiger partial charge is 0.397 e. The Labute approximate surface area is 102 Å². The third kappa shape index (κ3) is 1.96. The van der Waals surface area contributed by atoms with Crippen LogP contribution in [-0.2, 0) is 5.60 Å². The van der Waals surface area contributed by atoms with Crippen LogP contribution >= 0.6 is 11.6 Å². The quantitative estimate of drug-likeness (QED) is 0.803. The van der Waals surface area contributed by atoms with Crippen LogP contribution in [0, 0.1) is 0 Å². The number of rotatable bonds is 1. The van der Waals surface area contributed by atoms with Gasteiger partial charge in [-0.05, 0) is 38.1 Å². The molecule has 2 rings (SSSR count). The SMILES string of the molecule is [2H]c1c(Cl)cc2cc(N)c(C(C)(C)O)nc2c1[2H]. The normalized spacial score (nSPS) is 13.8. The monoisotopic (exact) mass is 238 g/mol. The van der Waals surface area contributed by atoms with Gasteiger partial charge in [0.25, 0.3) is 0 Å². The summed E-state index contributed by atoms with van der Waals surface area (Å²) in [6.45, 7) is 3.14. The van der Waals surface area contributed by atoms with Crippen molar-refractivity contribution in [1.29, 1.82) is 0 Å². The summed E-state index contributed by atoms with van der Waals surface area (Å²) in [5.41, 5.74) is 5.58.